The fraction of sp³-hybridized carbons (Fsp3) is 0.256. The molecule has 0 aliphatic rings. The molecule has 60 heavy (non-hydrogen) atoms. The molecule has 0 spiro atoms. The molecule has 0 atom stereocenters. The van der Waals surface area contributed by atoms with Crippen molar-refractivity contribution in [2.75, 3.05) is 59.0 Å². The molecule has 0 amide bonds. The van der Waals surface area contributed by atoms with Crippen LogP contribution in [0.1, 0.15) is 27.7 Å². The Morgan fingerprint density at radius 3 is 1.70 bits per heavy atom. The number of para-hydroxylation sites is 1. The van der Waals surface area contributed by atoms with E-state index in [-0.39, 0.29) is 28.5 Å². The third-order valence-electron chi connectivity index (χ3n) is 9.06. The molecular weight excluding hydrogens is 843 g/mol. The van der Waals surface area contributed by atoms with Gasteiger partial charge >= 0.3 is 0 Å². The smallest absolute Gasteiger partial charge is 0.294 e. The van der Waals surface area contributed by atoms with Gasteiger partial charge in [0.2, 0.25) is 22.2 Å². The number of aromatic nitrogens is 5. The van der Waals surface area contributed by atoms with Gasteiger partial charge in [0.1, 0.15) is 11.4 Å². The molecule has 3 heterocycles. The molecule has 17 nitrogen and oxygen atoms in total. The van der Waals surface area contributed by atoms with Gasteiger partial charge < -0.3 is 25.5 Å². The first-order valence-electron chi connectivity index (χ1n) is 19.0. The van der Waals surface area contributed by atoms with Crippen molar-refractivity contribution in [3.63, 3.8) is 0 Å². The monoisotopic (exact) mass is 883 g/mol. The van der Waals surface area contributed by atoms with E-state index in [1.54, 1.807) is 0 Å². The predicted octanol–water partition coefficient (Wildman–Crippen LogP) is 10.4. The van der Waals surface area contributed by atoms with Crippen molar-refractivity contribution >= 4 is 121 Å². The molecule has 0 bridgehead atoms. The Hall–Kier alpha value is -5.71. The summed E-state index contributed by atoms with van der Waals surface area (Å²) in [6.07, 6.45) is 0. The van der Waals surface area contributed by atoms with Crippen LogP contribution in [0.25, 0.3) is 20.4 Å². The van der Waals surface area contributed by atoms with Crippen LogP contribution in [0.2, 0.25) is 0 Å². The topological polar surface area (TPSA) is 219 Å². The molecule has 0 radical (unpaired) electrons. The second kappa shape index (κ2) is 19.1. The molecule has 4 N–H and O–H groups in total. The number of anilines is 6. The highest BCUT2D eigenvalue weighted by molar-refractivity contribution is 7.99. The molecule has 0 aliphatic carbocycles. The summed E-state index contributed by atoms with van der Waals surface area (Å²) < 4.78 is 34.5. The van der Waals surface area contributed by atoms with Crippen LogP contribution in [0.3, 0.4) is 0 Å². The van der Waals surface area contributed by atoms with E-state index in [0.717, 1.165) is 59.1 Å². The van der Waals surface area contributed by atoms with Gasteiger partial charge in [0.05, 0.1) is 43.3 Å². The third-order valence-corrected chi connectivity index (χ3v) is 12.6. The molecule has 7 aromatic rings. The molecule has 310 valence electrons. The summed E-state index contributed by atoms with van der Waals surface area (Å²) in [4.78, 5) is 27.4. The molecule has 0 aliphatic heterocycles. The van der Waals surface area contributed by atoms with E-state index in [4.69, 9.17) is 9.97 Å². The maximum absolute atomic E-state index is 11.7. The zero-order valence-electron chi connectivity index (χ0n) is 33.0. The molecule has 3 aromatic heterocycles. The zero-order valence-corrected chi connectivity index (χ0v) is 36.3. The van der Waals surface area contributed by atoms with Crippen molar-refractivity contribution in [1.29, 1.82) is 0 Å². The number of nitrogens with one attached hydrogen (secondary N) is 2. The first-order chi connectivity index (χ1) is 29.1. The summed E-state index contributed by atoms with van der Waals surface area (Å²) in [6.45, 7) is 11.4. The quantitative estimate of drug-likeness (QED) is 0.0358. The van der Waals surface area contributed by atoms with Gasteiger partial charge in [0, 0.05) is 43.3 Å². The summed E-state index contributed by atoms with van der Waals surface area (Å²) in [5, 5.41) is 35.6. The van der Waals surface area contributed by atoms with Gasteiger partial charge in [-0.15, -0.1) is 20.5 Å². The van der Waals surface area contributed by atoms with Gasteiger partial charge in [-0.1, -0.05) is 46.6 Å². The number of aliphatic hydroxyl groups is 1. The largest absolute Gasteiger partial charge is 0.396 e. The second-order valence-corrected chi connectivity index (χ2v) is 17.3. The van der Waals surface area contributed by atoms with E-state index in [0.29, 0.717) is 49.0 Å². The zero-order chi connectivity index (χ0) is 42.2. The Morgan fingerprint density at radius 1 is 0.650 bits per heavy atom. The van der Waals surface area contributed by atoms with Gasteiger partial charge in [0.15, 0.2) is 5.16 Å². The Kier molecular flexibility index (Phi) is 13.5. The number of thiazole rings is 2. The van der Waals surface area contributed by atoms with E-state index in [1.807, 2.05) is 60.7 Å². The predicted molar refractivity (Wildman–Crippen MR) is 242 cm³/mol. The van der Waals surface area contributed by atoms with Gasteiger partial charge in [0.25, 0.3) is 10.1 Å². The third kappa shape index (κ3) is 10.2. The van der Waals surface area contributed by atoms with E-state index in [1.165, 1.54) is 41.3 Å². The van der Waals surface area contributed by atoms with Gasteiger partial charge in [-0.05, 0) is 94.4 Å². The number of benzene rings is 4. The van der Waals surface area contributed by atoms with Gasteiger partial charge in [-0.2, -0.15) is 23.4 Å². The Balaban J connectivity index is 1.25. The Morgan fingerprint density at radius 2 is 1.18 bits per heavy atom. The van der Waals surface area contributed by atoms with E-state index < -0.39 is 10.1 Å². The van der Waals surface area contributed by atoms with Crippen LogP contribution in [0.4, 0.5) is 56.3 Å². The molecule has 0 fully saturated rings. The molecular formula is C39H41N13O4S4. The summed E-state index contributed by atoms with van der Waals surface area (Å²) in [5.41, 5.74) is 5.41. The lowest BCUT2D eigenvalue weighted by atomic mass is 10.2. The molecule has 21 heteroatoms. The van der Waals surface area contributed by atoms with Crippen molar-refractivity contribution in [3.8, 4) is 0 Å². The number of aliphatic hydroxyl groups excluding tert-OH is 1. The van der Waals surface area contributed by atoms with Crippen LogP contribution < -0.4 is 20.4 Å². The number of thioether (sulfide) groups is 1. The number of hydrogen-bond acceptors (Lipinski definition) is 19. The number of hydrogen-bond donors (Lipinski definition) is 4. The van der Waals surface area contributed by atoms with E-state index >= 15 is 0 Å². The maximum Gasteiger partial charge on any atom is 0.294 e. The maximum atomic E-state index is 11.7. The molecule has 7 rings (SSSR count). The van der Waals surface area contributed by atoms with Gasteiger partial charge in [-0.25, -0.2) is 9.97 Å². The van der Waals surface area contributed by atoms with Crippen LogP contribution in [-0.4, -0.2) is 81.5 Å². The number of nitrogens with zero attached hydrogens (tertiary/aromatic N) is 11. The summed E-state index contributed by atoms with van der Waals surface area (Å²) in [7, 11) is -4.38. The van der Waals surface area contributed by atoms with E-state index in [2.05, 4.69) is 83.5 Å². The minimum Gasteiger partial charge on any atom is -0.396 e. The molecule has 0 saturated heterocycles. The molecule has 0 unspecified atom stereocenters. The highest BCUT2D eigenvalue weighted by atomic mass is 32.2. The average molecular weight is 884 g/mol. The summed E-state index contributed by atoms with van der Waals surface area (Å²) in [6, 6.07) is 23.6. The fourth-order valence-corrected chi connectivity index (χ4v) is 8.87. The first-order valence-corrected chi connectivity index (χ1v) is 23.0. The first kappa shape index (κ1) is 42.4. The van der Waals surface area contributed by atoms with Crippen LogP contribution in [0, 0.1) is 0 Å². The van der Waals surface area contributed by atoms with E-state index in [9.17, 15) is 18.1 Å². The average Bonchev–Trinajstić information content (AvgIpc) is 3.86. The summed E-state index contributed by atoms with van der Waals surface area (Å²) >= 11 is 3.86. The Bertz CT molecular complexity index is 2760. The highest BCUT2D eigenvalue weighted by Gasteiger charge is 2.17. The molecule has 4 aromatic carbocycles. The van der Waals surface area contributed by atoms with Crippen LogP contribution in [0.15, 0.2) is 109 Å². The standard InChI is InChI=1S/C39H41N13O4S4/c1-5-51(6-2)24-13-16-27(47-49-38-42-29-11-9-10-12-33(29)58-38)31(21-24)40-35-44-36(46-37(45-35)57-20-19-53)41-32-22-25(52(7-3)8-4)14-17-28(32)48-50-39-43-30-18-15-26(60(54,55)56)23-34(30)59-39/h9-18,21-23,53H,5-8,19-20H2,1-4H3,(H,54,55,56)(H2,40,41,44,45,46). The number of azo groups is 2. The number of rotatable bonds is 18. The van der Waals surface area contributed by atoms with Crippen molar-refractivity contribution in [1.82, 2.24) is 24.9 Å². The van der Waals surface area contributed by atoms with Crippen LogP contribution in [0.5, 0.6) is 0 Å². The minimum atomic E-state index is -4.38. The van der Waals surface area contributed by atoms with Crippen LogP contribution in [-0.2, 0) is 10.1 Å². The lowest BCUT2D eigenvalue weighted by Gasteiger charge is -2.22. The van der Waals surface area contributed by atoms with Crippen LogP contribution >= 0.6 is 34.4 Å². The normalized spacial score (nSPS) is 12.0. The van der Waals surface area contributed by atoms with Crippen molar-refractivity contribution in [2.45, 2.75) is 37.7 Å². The van der Waals surface area contributed by atoms with Crippen molar-refractivity contribution in [2.24, 2.45) is 20.5 Å². The Labute approximate surface area is 358 Å². The minimum absolute atomic E-state index is 0.0799. The van der Waals surface area contributed by atoms with Crippen molar-refractivity contribution < 1.29 is 18.1 Å². The lowest BCUT2D eigenvalue weighted by Crippen LogP contribution is -2.21. The second-order valence-electron chi connectivity index (χ2n) is 12.8. The summed E-state index contributed by atoms with van der Waals surface area (Å²) in [5.74, 6) is 0.784. The number of fused-ring (bicyclic) bond motifs is 2. The van der Waals surface area contributed by atoms with Crippen molar-refractivity contribution in [3.05, 3.63) is 78.9 Å². The van der Waals surface area contributed by atoms with Gasteiger partial charge in [-0.3, -0.25) is 4.55 Å². The highest BCUT2D eigenvalue weighted by Crippen LogP contribution is 2.38. The molecule has 0 saturated carbocycles. The fourth-order valence-electron chi connectivity index (χ4n) is 6.10. The lowest BCUT2D eigenvalue weighted by molar-refractivity contribution is 0.322. The SMILES string of the molecule is CCN(CC)c1ccc(N=Nc2nc3ccccc3s2)c(Nc2nc(Nc3cc(N(CC)CC)ccc3N=Nc3nc4ccc(S(=O)(=O)O)cc4s3)nc(SCCO)n2)c1.